The van der Waals surface area contributed by atoms with Gasteiger partial charge in [-0.25, -0.2) is 9.78 Å². The maximum atomic E-state index is 12.3. The smallest absolute Gasteiger partial charge is 0.315 e. The van der Waals surface area contributed by atoms with Gasteiger partial charge in [0.2, 0.25) is 0 Å². The molecule has 0 radical (unpaired) electrons. The molecule has 1 aliphatic rings. The average molecular weight is 440 g/mol. The van der Waals surface area contributed by atoms with Crippen LogP contribution >= 0.6 is 15.9 Å². The number of primary amides is 1. The molecule has 0 aliphatic carbocycles. The van der Waals surface area contributed by atoms with E-state index in [4.69, 9.17) is 5.73 Å². The Labute approximate surface area is 172 Å². The highest BCUT2D eigenvalue weighted by Crippen LogP contribution is 2.31. The van der Waals surface area contributed by atoms with E-state index in [2.05, 4.69) is 55.1 Å². The van der Waals surface area contributed by atoms with Gasteiger partial charge in [-0.1, -0.05) is 46.3 Å². The Balaban J connectivity index is 1.71. The Kier molecular flexibility index (Phi) is 5.34. The number of benzene rings is 2. The van der Waals surface area contributed by atoms with Crippen LogP contribution in [0.15, 0.2) is 65.4 Å². The molecule has 0 saturated carbocycles. The Morgan fingerprint density at radius 3 is 2.79 bits per heavy atom. The summed E-state index contributed by atoms with van der Waals surface area (Å²) in [5, 5.41) is 0. The van der Waals surface area contributed by atoms with Crippen LogP contribution in [0.1, 0.15) is 17.0 Å². The van der Waals surface area contributed by atoms with Gasteiger partial charge in [-0.15, -0.1) is 0 Å². The first-order valence-electron chi connectivity index (χ1n) is 9.22. The third-order valence-electron chi connectivity index (χ3n) is 5.09. The molecule has 0 bridgehead atoms. The first-order chi connectivity index (χ1) is 13.6. The van der Waals surface area contributed by atoms with Gasteiger partial charge in [0, 0.05) is 35.6 Å². The molecule has 144 valence electrons. The highest BCUT2D eigenvalue weighted by atomic mass is 79.9. The SMILES string of the molecule is NC(=O)N1Cc2cc(Br)ccc2N(Cc2ncc[nH]2)CC1Cc1ccccc1. The van der Waals surface area contributed by atoms with Crippen LogP contribution in [0.2, 0.25) is 0 Å². The maximum absolute atomic E-state index is 12.3. The molecule has 1 atom stereocenters. The first-order valence-corrected chi connectivity index (χ1v) is 10.0. The van der Waals surface area contributed by atoms with Crippen LogP contribution in [0.3, 0.4) is 0 Å². The van der Waals surface area contributed by atoms with E-state index < -0.39 is 6.03 Å². The van der Waals surface area contributed by atoms with Crippen molar-refractivity contribution in [3.63, 3.8) is 0 Å². The second-order valence-corrected chi connectivity index (χ2v) is 7.91. The van der Waals surface area contributed by atoms with E-state index in [0.717, 1.165) is 28.0 Å². The van der Waals surface area contributed by atoms with Gasteiger partial charge < -0.3 is 20.5 Å². The Hall–Kier alpha value is -2.80. The van der Waals surface area contributed by atoms with Gasteiger partial charge in [0.1, 0.15) is 5.82 Å². The van der Waals surface area contributed by atoms with E-state index in [1.807, 2.05) is 30.5 Å². The van der Waals surface area contributed by atoms with Gasteiger partial charge in [-0.05, 0) is 35.7 Å². The number of amides is 2. The van der Waals surface area contributed by atoms with E-state index in [1.165, 1.54) is 5.56 Å². The lowest BCUT2D eigenvalue weighted by Crippen LogP contribution is -2.48. The van der Waals surface area contributed by atoms with Crippen molar-refractivity contribution in [3.05, 3.63) is 82.3 Å². The molecule has 28 heavy (non-hydrogen) atoms. The number of fused-ring (bicyclic) bond motifs is 1. The Bertz CT molecular complexity index is 945. The van der Waals surface area contributed by atoms with Crippen LogP contribution in [0.5, 0.6) is 0 Å². The topological polar surface area (TPSA) is 78.2 Å². The second kappa shape index (κ2) is 8.06. The zero-order chi connectivity index (χ0) is 19.5. The highest BCUT2D eigenvalue weighted by Gasteiger charge is 2.30. The molecule has 3 aromatic rings. The van der Waals surface area contributed by atoms with Crippen LogP contribution in [0.25, 0.3) is 0 Å². The molecule has 1 unspecified atom stereocenters. The summed E-state index contributed by atoms with van der Waals surface area (Å²) in [5.74, 6) is 0.889. The summed E-state index contributed by atoms with van der Waals surface area (Å²) in [6.07, 6.45) is 4.33. The number of nitrogens with one attached hydrogen (secondary N) is 1. The van der Waals surface area contributed by atoms with Crippen LogP contribution in [-0.2, 0) is 19.5 Å². The molecule has 4 rings (SSSR count). The lowest BCUT2D eigenvalue weighted by Gasteiger charge is -2.31. The maximum Gasteiger partial charge on any atom is 0.315 e. The highest BCUT2D eigenvalue weighted by molar-refractivity contribution is 9.10. The molecule has 0 saturated heterocycles. The predicted molar refractivity (Wildman–Crippen MR) is 113 cm³/mol. The van der Waals surface area contributed by atoms with Crippen molar-refractivity contribution >= 4 is 27.6 Å². The largest absolute Gasteiger partial charge is 0.362 e. The third-order valence-corrected chi connectivity index (χ3v) is 5.58. The van der Waals surface area contributed by atoms with Crippen LogP contribution in [-0.4, -0.2) is 33.5 Å². The van der Waals surface area contributed by atoms with E-state index in [-0.39, 0.29) is 6.04 Å². The number of carbonyl (C=O) groups is 1. The molecule has 7 heteroatoms. The third kappa shape index (κ3) is 4.04. The number of nitrogens with zero attached hydrogens (tertiary/aromatic N) is 3. The summed E-state index contributed by atoms with van der Waals surface area (Å²) in [7, 11) is 0. The van der Waals surface area contributed by atoms with E-state index in [9.17, 15) is 4.79 Å². The number of halogens is 1. The molecule has 2 aromatic carbocycles. The first kappa shape index (κ1) is 18.6. The summed E-state index contributed by atoms with van der Waals surface area (Å²) in [6.45, 7) is 1.79. The second-order valence-electron chi connectivity index (χ2n) is 7.00. The lowest BCUT2D eigenvalue weighted by molar-refractivity contribution is 0.182. The Morgan fingerprint density at radius 2 is 2.07 bits per heavy atom. The van der Waals surface area contributed by atoms with Gasteiger partial charge in [0.25, 0.3) is 0 Å². The van der Waals surface area contributed by atoms with Gasteiger partial charge >= 0.3 is 6.03 Å². The molecule has 0 spiro atoms. The number of hydrogen-bond donors (Lipinski definition) is 2. The number of nitrogens with two attached hydrogens (primary N) is 1. The Morgan fingerprint density at radius 1 is 1.25 bits per heavy atom. The number of anilines is 1. The molecular formula is C21H22BrN5O. The summed E-state index contributed by atoms with van der Waals surface area (Å²) in [6, 6.07) is 16.0. The number of carbonyl (C=O) groups excluding carboxylic acids is 1. The molecule has 2 heterocycles. The fraction of sp³-hybridized carbons (Fsp3) is 0.238. The van der Waals surface area contributed by atoms with Crippen molar-refractivity contribution in [2.45, 2.75) is 25.6 Å². The quantitative estimate of drug-likeness (QED) is 0.650. The fourth-order valence-corrected chi connectivity index (χ4v) is 4.20. The molecule has 0 fully saturated rings. The van der Waals surface area contributed by atoms with Crippen molar-refractivity contribution in [1.29, 1.82) is 0 Å². The van der Waals surface area contributed by atoms with E-state index in [0.29, 0.717) is 19.6 Å². The van der Waals surface area contributed by atoms with E-state index >= 15 is 0 Å². The normalized spacial score (nSPS) is 16.5. The number of urea groups is 1. The van der Waals surface area contributed by atoms with Crippen molar-refractivity contribution in [3.8, 4) is 0 Å². The summed E-state index contributed by atoms with van der Waals surface area (Å²) in [4.78, 5) is 23.9. The average Bonchev–Trinajstić information content (AvgIpc) is 3.14. The molecular weight excluding hydrogens is 418 g/mol. The van der Waals surface area contributed by atoms with Crippen molar-refractivity contribution < 1.29 is 4.79 Å². The van der Waals surface area contributed by atoms with Crippen LogP contribution < -0.4 is 10.6 Å². The van der Waals surface area contributed by atoms with Gasteiger partial charge in [0.05, 0.1) is 12.6 Å². The van der Waals surface area contributed by atoms with E-state index in [1.54, 1.807) is 11.1 Å². The lowest BCUT2D eigenvalue weighted by atomic mass is 10.0. The van der Waals surface area contributed by atoms with Crippen LogP contribution in [0, 0.1) is 0 Å². The molecule has 1 aromatic heterocycles. The predicted octanol–water partition coefficient (Wildman–Crippen LogP) is 3.68. The number of rotatable bonds is 4. The number of imidazole rings is 1. The zero-order valence-electron chi connectivity index (χ0n) is 15.4. The standard InChI is InChI=1S/C21H22BrN5O/c22-17-6-7-19-16(11-17)12-27(21(23)28)18(10-15-4-2-1-3-5-15)13-26(19)14-20-24-8-9-25-20/h1-9,11,18H,10,12-14H2,(H2,23,28)(H,24,25). The number of aromatic amines is 1. The molecule has 3 N–H and O–H groups in total. The van der Waals surface area contributed by atoms with Gasteiger partial charge in [-0.3, -0.25) is 0 Å². The van der Waals surface area contributed by atoms with Gasteiger partial charge in [-0.2, -0.15) is 0 Å². The summed E-state index contributed by atoms with van der Waals surface area (Å²) >= 11 is 3.55. The molecule has 1 aliphatic heterocycles. The zero-order valence-corrected chi connectivity index (χ0v) is 17.0. The number of aromatic nitrogens is 2. The molecule has 6 nitrogen and oxygen atoms in total. The summed E-state index contributed by atoms with van der Waals surface area (Å²) < 4.78 is 0.982. The van der Waals surface area contributed by atoms with Crippen molar-refractivity contribution in [2.24, 2.45) is 5.73 Å². The monoisotopic (exact) mass is 439 g/mol. The fourth-order valence-electron chi connectivity index (χ4n) is 3.79. The minimum atomic E-state index is -0.397. The van der Waals surface area contributed by atoms with Crippen molar-refractivity contribution in [1.82, 2.24) is 14.9 Å². The molecule has 2 amide bonds. The number of hydrogen-bond acceptors (Lipinski definition) is 3. The van der Waals surface area contributed by atoms with Gasteiger partial charge in [0.15, 0.2) is 0 Å². The minimum absolute atomic E-state index is 0.0407. The minimum Gasteiger partial charge on any atom is -0.362 e. The summed E-state index contributed by atoms with van der Waals surface area (Å²) in [5.41, 5.74) is 9.14. The number of H-pyrrole nitrogens is 1. The van der Waals surface area contributed by atoms with Crippen LogP contribution in [0.4, 0.5) is 10.5 Å². The van der Waals surface area contributed by atoms with Crippen molar-refractivity contribution in [2.75, 3.05) is 11.4 Å².